The summed E-state index contributed by atoms with van der Waals surface area (Å²) in [7, 11) is -0.708. The number of aromatic nitrogens is 7. The summed E-state index contributed by atoms with van der Waals surface area (Å²) in [5.74, 6) is -0.506. The van der Waals surface area contributed by atoms with Gasteiger partial charge in [0.05, 0.1) is 156 Å². The number of ether oxygens (including phenoxy) is 6. The van der Waals surface area contributed by atoms with Gasteiger partial charge in [0.1, 0.15) is 79.2 Å². The number of rotatable bonds is 14. The molecule has 0 aliphatic carbocycles. The van der Waals surface area contributed by atoms with E-state index in [4.69, 9.17) is 49.3 Å². The normalized spacial score (nSPS) is 19.0. The van der Waals surface area contributed by atoms with Crippen molar-refractivity contribution in [2.75, 3.05) is 89.7 Å². The van der Waals surface area contributed by atoms with Crippen molar-refractivity contribution >= 4 is 146 Å². The number of hydrogen-bond acceptors (Lipinski definition) is 28. The molecule has 688 valence electrons. The molecule has 14 heterocycles. The van der Waals surface area contributed by atoms with Crippen LogP contribution in [0.2, 0.25) is 5.02 Å². The van der Waals surface area contributed by atoms with Crippen LogP contribution in [0, 0.1) is 15.3 Å². The van der Waals surface area contributed by atoms with Crippen LogP contribution in [0.5, 0.6) is 0 Å². The number of halogens is 4. The van der Waals surface area contributed by atoms with Gasteiger partial charge in [-0.15, -0.1) is 0 Å². The number of carbonyl (C=O) groups excluding carboxylic acids is 6. The van der Waals surface area contributed by atoms with Crippen molar-refractivity contribution in [3.63, 3.8) is 0 Å². The van der Waals surface area contributed by atoms with Crippen LogP contribution < -0.4 is 36.1 Å². The molecule has 33 nitrogen and oxygen atoms in total. The highest BCUT2D eigenvalue weighted by Crippen LogP contribution is 2.43. The van der Waals surface area contributed by atoms with E-state index in [0.717, 1.165) is 35.5 Å². The number of anilines is 9. The molecule has 0 bridgehead atoms. The Balaban J connectivity index is 0.000000149. The molecule has 7 aromatic heterocycles. The lowest BCUT2D eigenvalue weighted by molar-refractivity contribution is -0.0364. The number of nitrogens with zero attached hydrogens (tertiary/aromatic N) is 13. The fraction of sp³-hybridized carbons (Fsp3) is 0.424. The summed E-state index contributed by atoms with van der Waals surface area (Å²) < 4.78 is 77.0. The van der Waals surface area contributed by atoms with Gasteiger partial charge in [-0.3, -0.25) is 23.2 Å². The summed E-state index contributed by atoms with van der Waals surface area (Å²) in [6, 6.07) is 27.4. The molecule has 0 radical (unpaired) electrons. The third-order valence-corrected chi connectivity index (χ3v) is 23.9. The number of nitrogens with one attached hydrogen (secondary N) is 3. The Morgan fingerprint density at radius 3 is 1.25 bits per heavy atom. The van der Waals surface area contributed by atoms with Gasteiger partial charge >= 0.3 is 25.4 Å². The van der Waals surface area contributed by atoms with Gasteiger partial charge in [0.2, 0.25) is 0 Å². The number of pyridine rings is 5. The van der Waals surface area contributed by atoms with Gasteiger partial charge in [0, 0.05) is 79.9 Å². The van der Waals surface area contributed by atoms with E-state index in [2.05, 4.69) is 78.2 Å². The van der Waals surface area contributed by atoms with E-state index >= 15 is 0 Å². The number of morpholine rings is 3. The maximum atomic E-state index is 13.8. The highest BCUT2D eigenvalue weighted by Gasteiger charge is 2.54. The number of aliphatic hydroxyl groups is 3. The van der Waals surface area contributed by atoms with E-state index in [-0.39, 0.29) is 43.8 Å². The summed E-state index contributed by atoms with van der Waals surface area (Å²) in [4.78, 5) is 111. The molecule has 0 spiro atoms. The first kappa shape index (κ1) is 94.8. The van der Waals surface area contributed by atoms with E-state index in [9.17, 15) is 52.9 Å². The Bertz CT molecular complexity index is 5880. The van der Waals surface area contributed by atoms with Crippen molar-refractivity contribution in [2.45, 2.75) is 195 Å². The third kappa shape index (κ3) is 21.5. The number of imidazole rings is 2. The first-order chi connectivity index (χ1) is 61.3. The maximum absolute atomic E-state index is 13.8. The maximum Gasteiger partial charge on any atom is 0.495 e. The van der Waals surface area contributed by atoms with Gasteiger partial charge in [0.25, 0.3) is 17.7 Å². The minimum Gasteiger partial charge on any atom is -0.443 e. The van der Waals surface area contributed by atoms with E-state index in [1.807, 2.05) is 80.6 Å². The van der Waals surface area contributed by atoms with Crippen molar-refractivity contribution < 1.29 is 90.6 Å². The van der Waals surface area contributed by atoms with Crippen LogP contribution in [-0.4, -0.2) is 231 Å². The summed E-state index contributed by atoms with van der Waals surface area (Å²) in [5.41, 5.74) is 6.71. The summed E-state index contributed by atoms with van der Waals surface area (Å²) in [5, 5.41) is 39.8. The van der Waals surface area contributed by atoms with Crippen LogP contribution in [-0.2, 0) is 57.4 Å². The molecule has 6 atom stereocenters. The highest BCUT2D eigenvalue weighted by molar-refractivity contribution is 14.1. The van der Waals surface area contributed by atoms with Gasteiger partial charge in [-0.25, -0.2) is 62.8 Å². The lowest BCUT2D eigenvalue weighted by Gasteiger charge is -2.35. The first-order valence-electron chi connectivity index (χ1n) is 42.7. The molecule has 7 aliphatic heterocycles. The second-order valence-electron chi connectivity index (χ2n) is 36.5. The van der Waals surface area contributed by atoms with Gasteiger partial charge in [-0.05, 0) is 223 Å². The van der Waals surface area contributed by atoms with Crippen LogP contribution in [0.3, 0.4) is 0 Å². The molecule has 130 heavy (non-hydrogen) atoms. The number of fused-ring (bicyclic) bond motifs is 5. The van der Waals surface area contributed by atoms with Gasteiger partial charge < -0.3 is 83.7 Å². The third-order valence-electron chi connectivity index (χ3n) is 22.8. The van der Waals surface area contributed by atoms with Crippen LogP contribution in [0.4, 0.5) is 74.7 Å². The molecule has 6 unspecified atom stereocenters. The number of amides is 6. The molecule has 10 aromatic rings. The number of aliphatic hydroxyl groups excluding tert-OH is 3. The molecule has 7 aliphatic rings. The monoisotopic (exact) mass is 1920 g/mol. The standard InChI is InChI=1S/C31H33FN6O5.C30H41BN4O7.C24H29ClN4O5.C7H4FIN2/c1-18(39)25-17-36(11-12-42-25)20-5-8-26(33-14-20)35-23-7-6-21(24-15-34-27-13-19(32)9-10-37(24)27)22-16-38(29(40)28(22)23)30(41)43-31(2,3)4;1-18(36)23-17-34(13-14-39-23)19-9-12-24(32-15-19)33-22-11-10-21(31-41-29(5,6)30(7,8)42-31)20-16-35(26(37)25(20)22)27(38)40-28(2,3)4;1-14(30)19-13-28(9-10-33-19)15-5-8-20(26-11-15)27-18-7-6-17(25)16-12-29(22(31)21(16)18)23(32)34-24(2,3)4;8-5-1-2-11-6(9)4-10-7(11)3-5/h5-10,13-15,18,25,39H,11-12,16-17H2,1-4H3,(H,33,35);9-12,15,18,23,36H,13-14,16-17H2,1-8H3,(H,32,33);5-8,11,14,19,30H,9-10,12-13H2,1-4H3,(H,26,27);1-4H. The Hall–Kier alpha value is -11.3. The number of benzene rings is 3. The Kier molecular flexibility index (Phi) is 27.9. The molecular weight excluding hydrogens is 1810 g/mol. The molecule has 3 aromatic carbocycles. The summed E-state index contributed by atoms with van der Waals surface area (Å²) in [6.45, 7) is 34.2. The molecule has 17 rings (SSSR count). The summed E-state index contributed by atoms with van der Waals surface area (Å²) >= 11 is 8.49. The lowest BCUT2D eigenvalue weighted by Crippen LogP contribution is -2.47. The molecule has 4 saturated heterocycles. The van der Waals surface area contributed by atoms with Crippen molar-refractivity contribution in [1.82, 2.24) is 48.4 Å². The average molecular weight is 1920 g/mol. The van der Waals surface area contributed by atoms with E-state index < -0.39 is 95.3 Å². The van der Waals surface area contributed by atoms with E-state index in [0.29, 0.717) is 160 Å². The first-order valence-corrected chi connectivity index (χ1v) is 44.2. The van der Waals surface area contributed by atoms with Gasteiger partial charge in [-0.1, -0.05) is 23.7 Å². The topological polar surface area (TPSA) is 366 Å². The molecule has 0 saturated carbocycles. The Labute approximate surface area is 770 Å². The van der Waals surface area contributed by atoms with Gasteiger partial charge in [0.15, 0.2) is 0 Å². The second-order valence-corrected chi connectivity index (χ2v) is 38.0. The molecular formula is C92H107BClF2IN16O17. The number of carbonyl (C=O) groups is 6. The molecule has 4 fully saturated rings. The Morgan fingerprint density at radius 1 is 0.492 bits per heavy atom. The van der Waals surface area contributed by atoms with Crippen molar-refractivity contribution in [1.29, 1.82) is 0 Å². The zero-order chi connectivity index (χ0) is 93.5. The Morgan fingerprint density at radius 2 is 0.854 bits per heavy atom. The minimum absolute atomic E-state index is 0.00376. The predicted molar refractivity (Wildman–Crippen MR) is 494 cm³/mol. The highest BCUT2D eigenvalue weighted by atomic mass is 127. The minimum atomic E-state index is -0.789. The molecule has 6 N–H and O–H groups in total. The predicted octanol–water partition coefficient (Wildman–Crippen LogP) is 14.4. The average Bonchev–Trinajstić information content (AvgIpc) is 1.60. The van der Waals surface area contributed by atoms with Crippen LogP contribution in [0.15, 0.2) is 140 Å². The van der Waals surface area contributed by atoms with Crippen molar-refractivity contribution in [3.05, 3.63) is 194 Å². The smallest absolute Gasteiger partial charge is 0.443 e. The van der Waals surface area contributed by atoms with Crippen molar-refractivity contribution in [3.8, 4) is 11.3 Å². The SMILES string of the molecule is CC(O)C1CN(c2ccc(Nc3ccc(-c4cnc5cc(F)ccn45)c4c3C(=O)N(C(=O)OC(C)(C)C)C4)nc2)CCO1.CC(O)C1CN(c2ccc(Nc3ccc(B4OC(C)(C)C(C)(C)O4)c4c3C(=O)N(C(=O)OC(C)(C)C)C4)nc2)CCO1.CC(O)C1CN(c2ccc(Nc3ccc(Cl)c4c3C(=O)N(C(=O)OC(C)(C)C)C4)nc2)CCO1.Fc1ccn2c(I)cnc2c1. The fourth-order valence-electron chi connectivity index (χ4n) is 15.4. The number of imide groups is 3. The zero-order valence-electron chi connectivity index (χ0n) is 75.2. The molecule has 38 heteroatoms. The lowest BCUT2D eigenvalue weighted by atomic mass is 9.74. The largest absolute Gasteiger partial charge is 0.495 e. The van der Waals surface area contributed by atoms with E-state index in [1.54, 1.807) is 155 Å². The van der Waals surface area contributed by atoms with Crippen LogP contribution in [0.25, 0.3) is 22.6 Å². The molecule has 6 amide bonds. The summed E-state index contributed by atoms with van der Waals surface area (Å²) in [6.07, 6.45) is 7.13. The fourth-order valence-corrected chi connectivity index (χ4v) is 16.2. The number of hydrogen-bond donors (Lipinski definition) is 6. The van der Waals surface area contributed by atoms with Crippen molar-refractivity contribution in [2.24, 2.45) is 0 Å². The van der Waals surface area contributed by atoms with Crippen LogP contribution in [0.1, 0.15) is 159 Å². The van der Waals surface area contributed by atoms with Crippen LogP contribution >= 0.6 is 34.2 Å². The zero-order valence-corrected chi connectivity index (χ0v) is 78.1. The quantitative estimate of drug-likeness (QED) is 0.0334. The second kappa shape index (κ2) is 38.3. The van der Waals surface area contributed by atoms with Gasteiger partial charge in [-0.2, -0.15) is 0 Å². The van der Waals surface area contributed by atoms with E-state index in [1.165, 1.54) is 24.3 Å².